The molecule has 36 heavy (non-hydrogen) atoms. The van der Waals surface area contributed by atoms with Crippen molar-refractivity contribution in [2.24, 2.45) is 0 Å². The lowest BCUT2D eigenvalue weighted by molar-refractivity contribution is 0.0833. The molecule has 8 heteroatoms. The van der Waals surface area contributed by atoms with Crippen LogP contribution in [0.4, 0.5) is 4.79 Å². The van der Waals surface area contributed by atoms with Crippen LogP contribution >= 0.6 is 11.3 Å². The fourth-order valence-corrected chi connectivity index (χ4v) is 6.02. The Morgan fingerprint density at radius 3 is 2.94 bits per heavy atom. The first-order valence-electron chi connectivity index (χ1n) is 12.5. The number of rotatable bonds is 5. The number of hydrogen-bond donors (Lipinski definition) is 2. The number of nitrogens with one attached hydrogen (secondary N) is 1. The predicted octanol–water partition coefficient (Wildman–Crippen LogP) is 5.29. The molecule has 2 aromatic carbocycles. The lowest BCUT2D eigenvalue weighted by Crippen LogP contribution is -2.47. The number of aromatic nitrogens is 1. The molecule has 1 saturated heterocycles. The average Bonchev–Trinajstić information content (AvgIpc) is 3.52. The molecule has 0 spiro atoms. The molecule has 1 fully saturated rings. The molecule has 5 rings (SSSR count). The number of aliphatic hydroxyl groups excluding tert-OH is 1. The summed E-state index contributed by atoms with van der Waals surface area (Å²) in [6, 6.07) is 13.9. The molecule has 2 amide bonds. The van der Waals surface area contributed by atoms with Gasteiger partial charge in [0.1, 0.15) is 16.8 Å². The van der Waals surface area contributed by atoms with Crippen molar-refractivity contribution in [2.45, 2.75) is 57.8 Å². The van der Waals surface area contributed by atoms with E-state index in [2.05, 4.69) is 28.5 Å². The van der Waals surface area contributed by atoms with E-state index < -0.39 is 6.10 Å². The molecule has 7 nitrogen and oxygen atoms in total. The maximum Gasteiger partial charge on any atom is 0.317 e. The number of carbonyl (C=O) groups excluding carboxylic acids is 1. The van der Waals surface area contributed by atoms with Gasteiger partial charge in [-0.15, -0.1) is 11.3 Å². The van der Waals surface area contributed by atoms with E-state index in [9.17, 15) is 15.2 Å². The highest BCUT2D eigenvalue weighted by atomic mass is 32.1. The average molecular weight is 503 g/mol. The SMILES string of the molecule is CC(C)Oc1ccc(-c2ncc(-c3cccc4c3CCC4NC(=O)N3CCC[C@H](O)C3)s2)cc1C#N. The van der Waals surface area contributed by atoms with Crippen LogP contribution in [0.25, 0.3) is 21.0 Å². The number of ether oxygens (including phenoxy) is 1. The highest BCUT2D eigenvalue weighted by molar-refractivity contribution is 7.18. The fourth-order valence-electron chi connectivity index (χ4n) is 5.05. The van der Waals surface area contributed by atoms with E-state index >= 15 is 0 Å². The summed E-state index contributed by atoms with van der Waals surface area (Å²) in [5.74, 6) is 0.584. The Morgan fingerprint density at radius 2 is 2.17 bits per heavy atom. The minimum absolute atomic E-state index is 0.00496. The van der Waals surface area contributed by atoms with Crippen molar-refractivity contribution in [1.82, 2.24) is 15.2 Å². The Bertz CT molecular complexity index is 1310. The van der Waals surface area contributed by atoms with Gasteiger partial charge < -0.3 is 20.1 Å². The Labute approximate surface area is 215 Å². The monoisotopic (exact) mass is 502 g/mol. The molecule has 2 heterocycles. The third-order valence-electron chi connectivity index (χ3n) is 6.73. The summed E-state index contributed by atoms with van der Waals surface area (Å²) in [6.07, 6.45) is 4.77. The van der Waals surface area contributed by atoms with E-state index in [-0.39, 0.29) is 18.2 Å². The number of nitriles is 1. The topological polar surface area (TPSA) is 98.5 Å². The summed E-state index contributed by atoms with van der Waals surface area (Å²) in [7, 11) is 0. The first-order chi connectivity index (χ1) is 17.4. The van der Waals surface area contributed by atoms with E-state index in [0.29, 0.717) is 24.4 Å². The molecule has 186 valence electrons. The number of piperidine rings is 1. The molecule has 2 aliphatic rings. The van der Waals surface area contributed by atoms with Gasteiger partial charge in [-0.2, -0.15) is 5.26 Å². The summed E-state index contributed by atoms with van der Waals surface area (Å²) >= 11 is 1.60. The minimum Gasteiger partial charge on any atom is -0.490 e. The van der Waals surface area contributed by atoms with Crippen LogP contribution in [0.15, 0.2) is 42.6 Å². The summed E-state index contributed by atoms with van der Waals surface area (Å²) < 4.78 is 5.75. The zero-order valence-corrected chi connectivity index (χ0v) is 21.3. The van der Waals surface area contributed by atoms with Crippen molar-refractivity contribution in [3.8, 4) is 32.8 Å². The maximum atomic E-state index is 12.8. The number of benzene rings is 2. The first kappa shape index (κ1) is 24.3. The standard InChI is InChI=1S/C28H30N4O3S/c1-17(2)35-25-11-8-18(13-19(25)14-29)27-30-15-26(36-27)23-7-3-6-22-21(23)9-10-24(22)31-28(34)32-12-4-5-20(33)16-32/h3,6-8,11,13,15,17,20,24,33H,4-5,9-10,12,16H2,1-2H3,(H,31,34)/t20-,24?/m0/s1. The van der Waals surface area contributed by atoms with E-state index in [1.54, 1.807) is 16.2 Å². The second-order valence-corrected chi connectivity index (χ2v) is 10.7. The molecular weight excluding hydrogens is 472 g/mol. The lowest BCUT2D eigenvalue weighted by Gasteiger charge is -2.31. The molecule has 1 aliphatic carbocycles. The Morgan fingerprint density at radius 1 is 1.31 bits per heavy atom. The Balaban J connectivity index is 1.36. The van der Waals surface area contributed by atoms with Crippen molar-refractivity contribution in [2.75, 3.05) is 13.1 Å². The second-order valence-electron chi connectivity index (χ2n) is 9.68. The van der Waals surface area contributed by atoms with Crippen LogP contribution < -0.4 is 10.1 Å². The summed E-state index contributed by atoms with van der Waals surface area (Å²) in [6.45, 7) is 4.96. The van der Waals surface area contributed by atoms with Gasteiger partial charge in [0.05, 0.1) is 28.7 Å². The van der Waals surface area contributed by atoms with Gasteiger partial charge in [-0.1, -0.05) is 18.2 Å². The fraction of sp³-hybridized carbons (Fsp3) is 0.393. The third-order valence-corrected chi connectivity index (χ3v) is 7.81. The smallest absolute Gasteiger partial charge is 0.317 e. The Kier molecular flexibility index (Phi) is 6.95. The molecule has 3 aromatic rings. The molecule has 2 N–H and O–H groups in total. The third kappa shape index (κ3) is 4.95. The van der Waals surface area contributed by atoms with Gasteiger partial charge in [0.2, 0.25) is 0 Å². The molecular formula is C28H30N4O3S. The Hall–Kier alpha value is -3.41. The summed E-state index contributed by atoms with van der Waals surface area (Å²) in [4.78, 5) is 20.3. The van der Waals surface area contributed by atoms with Crippen LogP contribution in [-0.4, -0.2) is 46.3 Å². The van der Waals surface area contributed by atoms with Crippen LogP contribution in [0, 0.1) is 11.3 Å². The number of nitrogens with zero attached hydrogens (tertiary/aromatic N) is 3. The summed E-state index contributed by atoms with van der Waals surface area (Å²) in [5.41, 5.74) is 4.92. The van der Waals surface area contributed by atoms with Gasteiger partial charge in [-0.05, 0) is 74.4 Å². The van der Waals surface area contributed by atoms with Crippen molar-refractivity contribution >= 4 is 17.4 Å². The van der Waals surface area contributed by atoms with Crippen LogP contribution in [0.2, 0.25) is 0 Å². The molecule has 0 saturated carbocycles. The van der Waals surface area contributed by atoms with Crippen LogP contribution in [-0.2, 0) is 6.42 Å². The van der Waals surface area contributed by atoms with Gasteiger partial charge in [0.15, 0.2) is 0 Å². The van der Waals surface area contributed by atoms with E-state index in [4.69, 9.17) is 4.74 Å². The number of aliphatic hydroxyl groups is 1. The van der Waals surface area contributed by atoms with Crippen molar-refractivity contribution in [1.29, 1.82) is 5.26 Å². The predicted molar refractivity (Wildman–Crippen MR) is 140 cm³/mol. The normalized spacial score (nSPS) is 19.1. The maximum absolute atomic E-state index is 12.8. The first-order valence-corrected chi connectivity index (χ1v) is 13.3. The molecule has 1 unspecified atom stereocenters. The van der Waals surface area contributed by atoms with Gasteiger partial charge in [0.25, 0.3) is 0 Å². The van der Waals surface area contributed by atoms with Crippen molar-refractivity contribution in [3.63, 3.8) is 0 Å². The van der Waals surface area contributed by atoms with Crippen LogP contribution in [0.1, 0.15) is 55.8 Å². The number of hydrogen-bond acceptors (Lipinski definition) is 6. The number of carbonyl (C=O) groups is 1. The quantitative estimate of drug-likeness (QED) is 0.494. The highest BCUT2D eigenvalue weighted by Gasteiger charge is 2.29. The molecule has 2 atom stereocenters. The van der Waals surface area contributed by atoms with Gasteiger partial charge in [0, 0.05) is 24.8 Å². The van der Waals surface area contributed by atoms with Gasteiger partial charge in [-0.3, -0.25) is 0 Å². The molecule has 1 aromatic heterocycles. The number of β-amino-alcohol motifs (C(OH)–C–C–N with tert-alkyl or cyclic N) is 1. The van der Waals surface area contributed by atoms with E-state index in [1.807, 2.05) is 44.3 Å². The highest BCUT2D eigenvalue weighted by Crippen LogP contribution is 2.41. The number of thiazole rings is 1. The van der Waals surface area contributed by atoms with E-state index in [1.165, 1.54) is 5.56 Å². The minimum atomic E-state index is -0.435. The molecule has 0 radical (unpaired) electrons. The number of amides is 2. The zero-order valence-electron chi connectivity index (χ0n) is 20.5. The summed E-state index contributed by atoms with van der Waals surface area (Å²) in [5, 5.41) is 23.5. The largest absolute Gasteiger partial charge is 0.490 e. The van der Waals surface area contributed by atoms with Crippen molar-refractivity contribution < 1.29 is 14.6 Å². The lowest BCUT2D eigenvalue weighted by atomic mass is 10.0. The molecule has 0 bridgehead atoms. The zero-order chi connectivity index (χ0) is 25.2. The number of urea groups is 1. The molecule has 1 aliphatic heterocycles. The van der Waals surface area contributed by atoms with Crippen molar-refractivity contribution in [3.05, 3.63) is 59.3 Å². The van der Waals surface area contributed by atoms with Gasteiger partial charge in [-0.25, -0.2) is 9.78 Å². The van der Waals surface area contributed by atoms with Crippen LogP contribution in [0.3, 0.4) is 0 Å². The van der Waals surface area contributed by atoms with Crippen LogP contribution in [0.5, 0.6) is 5.75 Å². The second kappa shape index (κ2) is 10.3. The number of likely N-dealkylation sites (tertiary alicyclic amines) is 1. The van der Waals surface area contributed by atoms with Gasteiger partial charge >= 0.3 is 6.03 Å². The van der Waals surface area contributed by atoms with E-state index in [0.717, 1.165) is 52.3 Å². The number of fused-ring (bicyclic) bond motifs is 1.